The lowest BCUT2D eigenvalue weighted by molar-refractivity contribution is -0.128. The molecule has 1 spiro atoms. The fourth-order valence-electron chi connectivity index (χ4n) is 3.90. The minimum atomic E-state index is -0.626. The van der Waals surface area contributed by atoms with E-state index in [4.69, 9.17) is 5.73 Å². The number of carbonyl (C=O) groups is 2. The number of carbonyl (C=O) groups excluding carboxylic acids is 2. The van der Waals surface area contributed by atoms with E-state index in [0.717, 1.165) is 32.0 Å². The molecule has 0 atom stereocenters. The number of hydrogen-bond acceptors (Lipinski definition) is 3. The van der Waals surface area contributed by atoms with Crippen molar-refractivity contribution in [1.82, 2.24) is 9.80 Å². The third-order valence-electron chi connectivity index (χ3n) is 5.29. The summed E-state index contributed by atoms with van der Waals surface area (Å²) in [5, 5.41) is 0. The van der Waals surface area contributed by atoms with Gasteiger partial charge in [-0.25, -0.2) is 8.78 Å². The Morgan fingerprint density at radius 3 is 2.40 bits per heavy atom. The van der Waals surface area contributed by atoms with Crippen LogP contribution in [0.15, 0.2) is 18.2 Å². The highest BCUT2D eigenvalue weighted by molar-refractivity contribution is 5.79. The van der Waals surface area contributed by atoms with Crippen LogP contribution in [0.25, 0.3) is 0 Å². The van der Waals surface area contributed by atoms with Crippen LogP contribution in [-0.2, 0) is 16.1 Å². The Morgan fingerprint density at radius 1 is 1.16 bits per heavy atom. The predicted molar refractivity (Wildman–Crippen MR) is 88.3 cm³/mol. The first kappa shape index (κ1) is 17.8. The number of nitrogens with two attached hydrogens (primary N) is 1. The van der Waals surface area contributed by atoms with Crippen LogP contribution in [0, 0.1) is 17.0 Å². The summed E-state index contributed by atoms with van der Waals surface area (Å²) in [6.07, 6.45) is 2.59. The summed E-state index contributed by atoms with van der Waals surface area (Å²) in [5.41, 5.74) is 5.60. The van der Waals surface area contributed by atoms with E-state index in [1.165, 1.54) is 12.1 Å². The van der Waals surface area contributed by atoms with Crippen LogP contribution in [0.3, 0.4) is 0 Å². The highest BCUT2D eigenvalue weighted by Crippen LogP contribution is 2.41. The molecule has 0 aromatic heterocycles. The molecule has 7 heteroatoms. The smallest absolute Gasteiger partial charge is 0.223 e. The maximum absolute atomic E-state index is 13.3. The van der Waals surface area contributed by atoms with Crippen LogP contribution in [0.2, 0.25) is 0 Å². The van der Waals surface area contributed by atoms with Crippen molar-refractivity contribution >= 4 is 11.8 Å². The molecule has 2 aliphatic heterocycles. The minimum Gasteiger partial charge on any atom is -0.370 e. The van der Waals surface area contributed by atoms with Gasteiger partial charge in [0.05, 0.1) is 0 Å². The maximum atomic E-state index is 13.3. The Labute approximate surface area is 145 Å². The Hall–Kier alpha value is -2.02. The monoisotopic (exact) mass is 351 g/mol. The molecule has 2 fully saturated rings. The number of benzene rings is 1. The van der Waals surface area contributed by atoms with Gasteiger partial charge in [0, 0.05) is 38.5 Å². The van der Waals surface area contributed by atoms with Gasteiger partial charge in [0.2, 0.25) is 11.8 Å². The van der Waals surface area contributed by atoms with Crippen molar-refractivity contribution in [3.8, 4) is 0 Å². The summed E-state index contributed by atoms with van der Waals surface area (Å²) in [4.78, 5) is 27.2. The zero-order chi connectivity index (χ0) is 18.0. The van der Waals surface area contributed by atoms with Crippen LogP contribution in [0.4, 0.5) is 8.78 Å². The molecule has 1 aromatic rings. The molecule has 25 heavy (non-hydrogen) atoms. The van der Waals surface area contributed by atoms with E-state index in [0.29, 0.717) is 31.5 Å². The normalized spacial score (nSPS) is 20.4. The molecule has 3 rings (SSSR count). The second-order valence-electron chi connectivity index (χ2n) is 7.26. The zero-order valence-corrected chi connectivity index (χ0v) is 14.1. The molecule has 0 saturated carbocycles. The van der Waals surface area contributed by atoms with E-state index in [1.807, 2.05) is 0 Å². The van der Waals surface area contributed by atoms with Crippen LogP contribution < -0.4 is 5.73 Å². The lowest BCUT2D eigenvalue weighted by atomic mass is 9.77. The van der Waals surface area contributed by atoms with Gasteiger partial charge in [-0.05, 0) is 49.0 Å². The minimum absolute atomic E-state index is 0.0373. The highest BCUT2D eigenvalue weighted by Gasteiger charge is 2.44. The topological polar surface area (TPSA) is 66.6 Å². The molecular formula is C18H23F2N3O2. The van der Waals surface area contributed by atoms with Crippen molar-refractivity contribution in [2.75, 3.05) is 26.2 Å². The molecule has 0 unspecified atom stereocenters. The summed E-state index contributed by atoms with van der Waals surface area (Å²) in [6.45, 7) is 3.19. The fraction of sp³-hybridized carbons (Fsp3) is 0.556. The molecule has 0 bridgehead atoms. The van der Waals surface area contributed by atoms with Gasteiger partial charge in [-0.1, -0.05) is 0 Å². The molecule has 2 heterocycles. The maximum Gasteiger partial charge on any atom is 0.223 e. The van der Waals surface area contributed by atoms with E-state index >= 15 is 0 Å². The van der Waals surface area contributed by atoms with E-state index in [1.54, 1.807) is 4.90 Å². The molecular weight excluding hydrogens is 328 g/mol. The summed E-state index contributed by atoms with van der Waals surface area (Å²) in [6, 6.07) is 3.38. The number of nitrogens with zero attached hydrogens (tertiary/aromatic N) is 2. The van der Waals surface area contributed by atoms with Gasteiger partial charge in [0.1, 0.15) is 11.6 Å². The average Bonchev–Trinajstić information content (AvgIpc) is 2.81. The van der Waals surface area contributed by atoms with Crippen molar-refractivity contribution in [1.29, 1.82) is 0 Å². The summed E-state index contributed by atoms with van der Waals surface area (Å²) >= 11 is 0. The molecule has 2 amide bonds. The lowest BCUT2D eigenvalue weighted by Gasteiger charge is -2.38. The first-order chi connectivity index (χ1) is 11.8. The summed E-state index contributed by atoms with van der Waals surface area (Å²) in [7, 11) is 0. The van der Waals surface area contributed by atoms with Crippen molar-refractivity contribution < 1.29 is 18.4 Å². The predicted octanol–water partition coefficient (Wildman–Crippen LogP) is 1.65. The fourth-order valence-corrected chi connectivity index (χ4v) is 3.90. The number of primary amides is 1. The van der Waals surface area contributed by atoms with E-state index in [9.17, 15) is 18.4 Å². The summed E-state index contributed by atoms with van der Waals surface area (Å²) < 4.78 is 26.7. The van der Waals surface area contributed by atoms with Crippen molar-refractivity contribution in [2.45, 2.75) is 32.2 Å². The molecule has 1 aromatic carbocycles. The van der Waals surface area contributed by atoms with E-state index in [2.05, 4.69) is 4.90 Å². The van der Waals surface area contributed by atoms with E-state index in [-0.39, 0.29) is 23.8 Å². The zero-order valence-electron chi connectivity index (χ0n) is 14.1. The largest absolute Gasteiger partial charge is 0.370 e. The van der Waals surface area contributed by atoms with Gasteiger partial charge < -0.3 is 15.5 Å². The van der Waals surface area contributed by atoms with Gasteiger partial charge in [-0.15, -0.1) is 0 Å². The average molecular weight is 351 g/mol. The van der Waals surface area contributed by atoms with E-state index < -0.39 is 11.6 Å². The number of hydrogen-bond donors (Lipinski definition) is 1. The highest BCUT2D eigenvalue weighted by atomic mass is 19.1. The molecule has 5 nitrogen and oxygen atoms in total. The van der Waals surface area contributed by atoms with Crippen molar-refractivity contribution in [3.63, 3.8) is 0 Å². The van der Waals surface area contributed by atoms with Crippen molar-refractivity contribution in [2.24, 2.45) is 11.1 Å². The van der Waals surface area contributed by atoms with Crippen LogP contribution >= 0.6 is 0 Å². The number of likely N-dealkylation sites (tertiary alicyclic amines) is 2. The van der Waals surface area contributed by atoms with Crippen LogP contribution in [0.1, 0.15) is 31.2 Å². The molecule has 2 aliphatic rings. The first-order valence-corrected chi connectivity index (χ1v) is 8.59. The Balaban J connectivity index is 1.58. The van der Waals surface area contributed by atoms with Crippen LogP contribution in [0.5, 0.6) is 0 Å². The Bertz CT molecular complexity index is 652. The number of amides is 2. The Kier molecular flexibility index (Phi) is 5.03. The van der Waals surface area contributed by atoms with Gasteiger partial charge in [-0.3, -0.25) is 9.59 Å². The van der Waals surface area contributed by atoms with Gasteiger partial charge in [0.25, 0.3) is 0 Å². The Morgan fingerprint density at radius 2 is 1.80 bits per heavy atom. The molecule has 2 saturated heterocycles. The van der Waals surface area contributed by atoms with Gasteiger partial charge in [-0.2, -0.15) is 0 Å². The second kappa shape index (κ2) is 7.07. The van der Waals surface area contributed by atoms with Gasteiger partial charge >= 0.3 is 0 Å². The number of piperidine rings is 1. The number of rotatable bonds is 5. The molecule has 2 N–H and O–H groups in total. The molecule has 136 valence electrons. The third-order valence-corrected chi connectivity index (χ3v) is 5.29. The van der Waals surface area contributed by atoms with Crippen LogP contribution in [-0.4, -0.2) is 47.8 Å². The second-order valence-corrected chi connectivity index (χ2v) is 7.26. The number of halogens is 2. The van der Waals surface area contributed by atoms with Gasteiger partial charge in [0.15, 0.2) is 0 Å². The quantitative estimate of drug-likeness (QED) is 0.877. The molecule has 0 aliphatic carbocycles. The first-order valence-electron chi connectivity index (χ1n) is 8.59. The lowest BCUT2D eigenvalue weighted by Crippen LogP contribution is -2.42. The SMILES string of the molecule is NC(=O)CCN1CCC2(CC1)CC(=O)N(Cc1cc(F)cc(F)c1)C2. The standard InChI is InChI=1S/C18H23F2N3O2/c19-14-7-13(8-15(20)9-14)11-23-12-18(10-17(23)25)2-5-22(6-3-18)4-1-16(21)24/h7-9H,1-6,10-12H2,(H2,21,24). The summed E-state index contributed by atoms with van der Waals surface area (Å²) in [5.74, 6) is -1.52. The molecule has 0 radical (unpaired) electrons. The van der Waals surface area contributed by atoms with Crippen molar-refractivity contribution in [3.05, 3.63) is 35.4 Å². The third kappa shape index (κ3) is 4.34.